The van der Waals surface area contributed by atoms with Crippen molar-refractivity contribution < 1.29 is 19.0 Å². The van der Waals surface area contributed by atoms with Gasteiger partial charge in [0.05, 0.1) is 25.5 Å². The summed E-state index contributed by atoms with van der Waals surface area (Å²) in [4.78, 5) is 0. The summed E-state index contributed by atoms with van der Waals surface area (Å²) in [5.41, 5.74) is 2.42. The van der Waals surface area contributed by atoms with Gasteiger partial charge in [-0.25, -0.2) is 8.96 Å². The normalized spacial score (nSPS) is 11.1. The van der Waals surface area contributed by atoms with Gasteiger partial charge in [0.25, 0.3) is 0 Å². The van der Waals surface area contributed by atoms with Gasteiger partial charge < -0.3 is 14.6 Å². The highest BCUT2D eigenvalue weighted by atomic mass is 19.1. The number of nitrogens with zero attached hydrogens (tertiary/aromatic N) is 3. The maximum Gasteiger partial charge on any atom is 0.319 e. The van der Waals surface area contributed by atoms with Gasteiger partial charge in [-0.2, -0.15) is 0 Å². The fourth-order valence-electron chi connectivity index (χ4n) is 3.28. The third kappa shape index (κ3) is 3.98. The van der Waals surface area contributed by atoms with Crippen LogP contribution in [0.2, 0.25) is 0 Å². The minimum absolute atomic E-state index is 0.124. The predicted molar refractivity (Wildman–Crippen MR) is 117 cm³/mol. The molecule has 0 aliphatic heterocycles. The van der Waals surface area contributed by atoms with Crippen LogP contribution in [0.15, 0.2) is 66.7 Å². The highest BCUT2D eigenvalue weighted by Gasteiger charge is 2.22. The number of para-hydroxylation sites is 1. The summed E-state index contributed by atoms with van der Waals surface area (Å²) >= 11 is 0. The average Bonchev–Trinajstić information content (AvgIpc) is 3.19. The maximum atomic E-state index is 14.5. The molecule has 156 valence electrons. The van der Waals surface area contributed by atoms with Crippen LogP contribution in [0.5, 0.6) is 17.5 Å². The Morgan fingerprint density at radius 3 is 2.29 bits per heavy atom. The van der Waals surface area contributed by atoms with Crippen molar-refractivity contribution >= 4 is 12.2 Å². The first-order chi connectivity index (χ1) is 15.1. The van der Waals surface area contributed by atoms with Gasteiger partial charge in [-0.1, -0.05) is 59.7 Å². The highest BCUT2D eigenvalue weighted by molar-refractivity contribution is 5.79. The molecule has 0 bridgehead atoms. The summed E-state index contributed by atoms with van der Waals surface area (Å²) in [5.74, 6) is 0.750. The van der Waals surface area contributed by atoms with E-state index in [2.05, 4.69) is 10.2 Å². The van der Waals surface area contributed by atoms with Crippen molar-refractivity contribution in [1.29, 1.82) is 0 Å². The van der Waals surface area contributed by atoms with Crippen molar-refractivity contribution in [3.63, 3.8) is 0 Å². The molecule has 6 nitrogen and oxygen atoms in total. The Morgan fingerprint density at radius 1 is 0.871 bits per heavy atom. The summed E-state index contributed by atoms with van der Waals surface area (Å²) in [6, 6.07) is 19.0. The Hall–Kier alpha value is -4.13. The standard InChI is InChI=1S/C24H20FN3O3/c1-30-21-15-22(31-2)18(14-17(21)13-12-16-8-4-3-5-9-16)23-26-27-24(29)28(23)20-11-7-6-10-19(20)25/h3-15H,1-2H3,(H,27,29)/b13-12+. The molecule has 0 amide bonds. The van der Waals surface area contributed by atoms with Crippen LogP contribution in [0, 0.1) is 5.82 Å². The van der Waals surface area contributed by atoms with Crippen LogP contribution >= 0.6 is 0 Å². The molecular weight excluding hydrogens is 397 g/mol. The highest BCUT2D eigenvalue weighted by Crippen LogP contribution is 2.38. The summed E-state index contributed by atoms with van der Waals surface area (Å²) < 4.78 is 26.8. The predicted octanol–water partition coefficient (Wildman–Crippen LogP) is 4.97. The summed E-state index contributed by atoms with van der Waals surface area (Å²) in [5, 5.41) is 18.1. The third-order valence-electron chi connectivity index (χ3n) is 4.79. The number of hydrogen-bond acceptors (Lipinski definition) is 5. The first-order valence-corrected chi connectivity index (χ1v) is 9.51. The molecule has 0 atom stereocenters. The average molecular weight is 417 g/mol. The van der Waals surface area contributed by atoms with Crippen LogP contribution in [-0.2, 0) is 0 Å². The molecule has 0 fully saturated rings. The number of hydrogen-bond donors (Lipinski definition) is 1. The van der Waals surface area contributed by atoms with Gasteiger partial charge in [-0.15, -0.1) is 5.10 Å². The first kappa shape index (κ1) is 20.2. The Bertz CT molecular complexity index is 1240. The second-order valence-electron chi connectivity index (χ2n) is 6.65. The quantitative estimate of drug-likeness (QED) is 0.449. The van der Waals surface area contributed by atoms with E-state index in [9.17, 15) is 9.50 Å². The van der Waals surface area contributed by atoms with Gasteiger partial charge in [-0.05, 0) is 23.8 Å². The van der Waals surface area contributed by atoms with Gasteiger partial charge in [0.1, 0.15) is 17.3 Å². The van der Waals surface area contributed by atoms with Crippen molar-refractivity contribution in [3.05, 3.63) is 83.7 Å². The van der Waals surface area contributed by atoms with E-state index in [4.69, 9.17) is 9.47 Å². The Labute approximate surface area is 178 Å². The SMILES string of the molecule is COc1cc(OC)c(-c2nnc(O)n2-c2ccccc2F)cc1/C=C/c1ccccc1. The number of aromatic hydroxyl groups is 1. The van der Waals surface area contributed by atoms with E-state index in [0.717, 1.165) is 11.1 Å². The smallest absolute Gasteiger partial charge is 0.319 e. The van der Waals surface area contributed by atoms with Gasteiger partial charge in [0, 0.05) is 11.6 Å². The van der Waals surface area contributed by atoms with E-state index >= 15 is 0 Å². The molecule has 4 aromatic rings. The Balaban J connectivity index is 1.88. The van der Waals surface area contributed by atoms with Gasteiger partial charge >= 0.3 is 6.01 Å². The molecule has 0 saturated carbocycles. The minimum Gasteiger partial charge on any atom is -0.496 e. The lowest BCUT2D eigenvalue weighted by Crippen LogP contribution is -2.02. The molecule has 0 unspecified atom stereocenters. The zero-order chi connectivity index (χ0) is 21.8. The first-order valence-electron chi connectivity index (χ1n) is 9.51. The van der Waals surface area contributed by atoms with Gasteiger partial charge in [0.2, 0.25) is 0 Å². The fourth-order valence-corrected chi connectivity index (χ4v) is 3.28. The lowest BCUT2D eigenvalue weighted by Gasteiger charge is -2.14. The molecular formula is C24H20FN3O3. The van der Waals surface area contributed by atoms with E-state index in [1.54, 1.807) is 31.4 Å². The van der Waals surface area contributed by atoms with Crippen molar-refractivity contribution in [3.8, 4) is 34.6 Å². The monoisotopic (exact) mass is 417 g/mol. The minimum atomic E-state index is -0.518. The summed E-state index contributed by atoms with van der Waals surface area (Å²) in [6.45, 7) is 0. The van der Waals surface area contributed by atoms with E-state index in [1.165, 1.54) is 23.8 Å². The molecule has 7 heteroatoms. The van der Waals surface area contributed by atoms with Crippen LogP contribution < -0.4 is 9.47 Å². The molecule has 0 aliphatic carbocycles. The zero-order valence-corrected chi connectivity index (χ0v) is 17.0. The van der Waals surface area contributed by atoms with Crippen molar-refractivity contribution in [1.82, 2.24) is 14.8 Å². The molecule has 0 saturated heterocycles. The molecule has 1 N–H and O–H groups in total. The van der Waals surface area contributed by atoms with Gasteiger partial charge in [0.15, 0.2) is 5.82 Å². The molecule has 1 aromatic heterocycles. The summed E-state index contributed by atoms with van der Waals surface area (Å²) in [7, 11) is 3.09. The van der Waals surface area contributed by atoms with Crippen LogP contribution in [0.1, 0.15) is 11.1 Å². The van der Waals surface area contributed by atoms with E-state index < -0.39 is 11.8 Å². The number of halogens is 1. The number of rotatable bonds is 6. The molecule has 0 spiro atoms. The molecule has 4 rings (SSSR count). The number of ether oxygens (including phenoxy) is 2. The Morgan fingerprint density at radius 2 is 1.58 bits per heavy atom. The van der Waals surface area contributed by atoms with Crippen LogP contribution in [0.25, 0.3) is 29.2 Å². The molecule has 3 aromatic carbocycles. The zero-order valence-electron chi connectivity index (χ0n) is 17.0. The fraction of sp³-hybridized carbons (Fsp3) is 0.0833. The van der Waals surface area contributed by atoms with Crippen molar-refractivity contribution in [2.75, 3.05) is 14.2 Å². The van der Waals surface area contributed by atoms with E-state index in [-0.39, 0.29) is 11.5 Å². The maximum absolute atomic E-state index is 14.5. The van der Waals surface area contributed by atoms with Gasteiger partial charge in [-0.3, -0.25) is 0 Å². The molecule has 0 radical (unpaired) electrons. The number of benzene rings is 3. The second kappa shape index (κ2) is 8.71. The largest absolute Gasteiger partial charge is 0.496 e. The molecule has 1 heterocycles. The van der Waals surface area contributed by atoms with Crippen molar-refractivity contribution in [2.45, 2.75) is 0 Å². The van der Waals surface area contributed by atoms with E-state index in [1.807, 2.05) is 42.5 Å². The van der Waals surface area contributed by atoms with Crippen molar-refractivity contribution in [2.24, 2.45) is 0 Å². The topological polar surface area (TPSA) is 69.4 Å². The lowest BCUT2D eigenvalue weighted by molar-refractivity contribution is 0.394. The van der Waals surface area contributed by atoms with E-state index in [0.29, 0.717) is 17.1 Å². The molecule has 0 aliphatic rings. The Kier molecular flexibility index (Phi) is 5.66. The number of methoxy groups -OCH3 is 2. The third-order valence-corrected chi connectivity index (χ3v) is 4.79. The molecule has 31 heavy (non-hydrogen) atoms. The summed E-state index contributed by atoms with van der Waals surface area (Å²) in [6.07, 6.45) is 3.86. The van der Waals surface area contributed by atoms with Crippen LogP contribution in [0.3, 0.4) is 0 Å². The number of aromatic nitrogens is 3. The lowest BCUT2D eigenvalue weighted by atomic mass is 10.1. The second-order valence-corrected chi connectivity index (χ2v) is 6.65. The van der Waals surface area contributed by atoms with Crippen LogP contribution in [-0.4, -0.2) is 34.1 Å². The van der Waals surface area contributed by atoms with Crippen LogP contribution in [0.4, 0.5) is 4.39 Å².